The average molecular weight is 339 g/mol. The van der Waals surface area contributed by atoms with Crippen molar-refractivity contribution in [3.05, 3.63) is 0 Å². The zero-order valence-electron chi connectivity index (χ0n) is 15.2. The number of hydrogen-bond acceptors (Lipinski definition) is 4. The number of esters is 1. The molecule has 1 saturated heterocycles. The second kappa shape index (κ2) is 13.0. The first-order chi connectivity index (χ1) is 11.6. The van der Waals surface area contributed by atoms with Crippen molar-refractivity contribution in [3.63, 3.8) is 0 Å². The minimum Gasteiger partial charge on any atom is -0.466 e. The molecule has 5 heteroatoms. The van der Waals surface area contributed by atoms with Crippen LogP contribution in [0.2, 0.25) is 0 Å². The topological polar surface area (TPSA) is 63.7 Å². The number of carbonyl (C=O) groups is 3. The second-order valence-corrected chi connectivity index (χ2v) is 6.59. The van der Waals surface area contributed by atoms with Crippen molar-refractivity contribution in [1.29, 1.82) is 0 Å². The minimum absolute atomic E-state index is 0.0610. The van der Waals surface area contributed by atoms with E-state index in [4.69, 9.17) is 4.74 Å². The maximum atomic E-state index is 11.6. The lowest BCUT2D eigenvalue weighted by Crippen LogP contribution is -2.29. The zero-order chi connectivity index (χ0) is 17.6. The van der Waals surface area contributed by atoms with Crippen LogP contribution in [0.25, 0.3) is 0 Å². The molecule has 0 aliphatic carbocycles. The van der Waals surface area contributed by atoms with Crippen LogP contribution >= 0.6 is 0 Å². The summed E-state index contributed by atoms with van der Waals surface area (Å²) < 4.78 is 5.23. The first-order valence-electron chi connectivity index (χ1n) is 9.64. The lowest BCUT2D eigenvalue weighted by molar-refractivity contribution is -0.144. The number of unbranched alkanes of at least 4 members (excludes halogenated alkanes) is 8. The van der Waals surface area contributed by atoms with Gasteiger partial charge in [0.1, 0.15) is 0 Å². The van der Waals surface area contributed by atoms with E-state index >= 15 is 0 Å². The molecule has 0 aromatic rings. The molecule has 0 radical (unpaired) electrons. The summed E-state index contributed by atoms with van der Waals surface area (Å²) in [6.07, 6.45) is 12.0. The zero-order valence-corrected chi connectivity index (χ0v) is 15.2. The summed E-state index contributed by atoms with van der Waals surface area (Å²) in [5, 5.41) is 0. The van der Waals surface area contributed by atoms with Gasteiger partial charge in [0.15, 0.2) is 0 Å². The van der Waals surface area contributed by atoms with Crippen LogP contribution in [0.1, 0.15) is 90.4 Å². The smallest absolute Gasteiger partial charge is 0.305 e. The van der Waals surface area contributed by atoms with Gasteiger partial charge in [-0.1, -0.05) is 51.9 Å². The number of carbonyl (C=O) groups excluding carboxylic acids is 3. The Labute approximate surface area is 146 Å². The van der Waals surface area contributed by atoms with Gasteiger partial charge in [0.2, 0.25) is 11.8 Å². The standard InChI is InChI=1S/C19H33NO4/c1-2-3-4-5-6-7-11-16-24-19(23)12-9-8-10-15-20-17(21)13-14-18(20)22/h2-16H2,1H3. The fourth-order valence-corrected chi connectivity index (χ4v) is 2.91. The van der Waals surface area contributed by atoms with E-state index in [0.717, 1.165) is 32.1 Å². The molecule has 0 saturated carbocycles. The highest BCUT2D eigenvalue weighted by atomic mass is 16.5. The Kier molecular flexibility index (Phi) is 11.2. The van der Waals surface area contributed by atoms with E-state index in [-0.39, 0.29) is 17.8 Å². The van der Waals surface area contributed by atoms with Gasteiger partial charge in [-0.2, -0.15) is 0 Å². The Morgan fingerprint density at radius 3 is 2.12 bits per heavy atom. The first kappa shape index (κ1) is 20.7. The summed E-state index contributed by atoms with van der Waals surface area (Å²) in [6, 6.07) is 0. The van der Waals surface area contributed by atoms with Crippen molar-refractivity contribution in [2.75, 3.05) is 13.2 Å². The summed E-state index contributed by atoms with van der Waals surface area (Å²) in [7, 11) is 0. The summed E-state index contributed by atoms with van der Waals surface area (Å²) in [6.45, 7) is 3.24. The third-order valence-corrected chi connectivity index (χ3v) is 4.43. The van der Waals surface area contributed by atoms with Crippen LogP contribution in [0, 0.1) is 0 Å². The van der Waals surface area contributed by atoms with Crippen LogP contribution in [0.5, 0.6) is 0 Å². The third kappa shape index (κ3) is 9.04. The van der Waals surface area contributed by atoms with Gasteiger partial charge in [-0.25, -0.2) is 0 Å². The second-order valence-electron chi connectivity index (χ2n) is 6.59. The van der Waals surface area contributed by atoms with Crippen LogP contribution in [0.4, 0.5) is 0 Å². The van der Waals surface area contributed by atoms with Gasteiger partial charge in [0.05, 0.1) is 6.61 Å². The number of ether oxygens (including phenoxy) is 1. The van der Waals surface area contributed by atoms with E-state index in [0.29, 0.717) is 32.4 Å². The van der Waals surface area contributed by atoms with Gasteiger partial charge in [0, 0.05) is 25.8 Å². The molecule has 0 spiro atoms. The highest BCUT2D eigenvalue weighted by Crippen LogP contribution is 2.13. The molecule has 1 aliphatic rings. The minimum atomic E-state index is -0.130. The fourth-order valence-electron chi connectivity index (χ4n) is 2.91. The van der Waals surface area contributed by atoms with Crippen LogP contribution < -0.4 is 0 Å². The van der Waals surface area contributed by atoms with Gasteiger partial charge in [0.25, 0.3) is 0 Å². The molecule has 0 N–H and O–H groups in total. The van der Waals surface area contributed by atoms with E-state index in [9.17, 15) is 14.4 Å². The van der Waals surface area contributed by atoms with Crippen molar-refractivity contribution in [2.45, 2.75) is 90.4 Å². The average Bonchev–Trinajstić information content (AvgIpc) is 2.88. The Bertz CT molecular complexity index is 379. The van der Waals surface area contributed by atoms with Gasteiger partial charge < -0.3 is 4.74 Å². The molecule has 1 aliphatic heterocycles. The molecule has 0 aromatic heterocycles. The molecule has 0 bridgehead atoms. The first-order valence-corrected chi connectivity index (χ1v) is 9.64. The van der Waals surface area contributed by atoms with E-state index in [1.165, 1.54) is 37.0 Å². The van der Waals surface area contributed by atoms with Crippen LogP contribution in [0.15, 0.2) is 0 Å². The summed E-state index contributed by atoms with van der Waals surface area (Å²) in [5.74, 6) is -0.252. The number of amides is 2. The molecule has 2 amide bonds. The van der Waals surface area contributed by atoms with E-state index in [1.54, 1.807) is 0 Å². The van der Waals surface area contributed by atoms with Gasteiger partial charge in [-0.05, 0) is 19.3 Å². The van der Waals surface area contributed by atoms with Gasteiger partial charge in [-0.15, -0.1) is 0 Å². The number of nitrogens with zero attached hydrogens (tertiary/aromatic N) is 1. The van der Waals surface area contributed by atoms with Crippen LogP contribution in [-0.4, -0.2) is 35.8 Å². The molecule has 1 heterocycles. The molecule has 24 heavy (non-hydrogen) atoms. The molecule has 0 unspecified atom stereocenters. The summed E-state index contributed by atoms with van der Waals surface area (Å²) >= 11 is 0. The van der Waals surface area contributed by atoms with Crippen molar-refractivity contribution < 1.29 is 19.1 Å². The predicted molar refractivity (Wildman–Crippen MR) is 93.4 cm³/mol. The molecule has 5 nitrogen and oxygen atoms in total. The predicted octanol–water partition coefficient (Wildman–Crippen LogP) is 3.99. The van der Waals surface area contributed by atoms with Crippen molar-refractivity contribution in [1.82, 2.24) is 4.90 Å². The van der Waals surface area contributed by atoms with Crippen molar-refractivity contribution >= 4 is 17.8 Å². The van der Waals surface area contributed by atoms with Crippen LogP contribution in [-0.2, 0) is 19.1 Å². The number of rotatable bonds is 14. The Morgan fingerprint density at radius 2 is 1.46 bits per heavy atom. The third-order valence-electron chi connectivity index (χ3n) is 4.43. The largest absolute Gasteiger partial charge is 0.466 e. The maximum Gasteiger partial charge on any atom is 0.305 e. The molecule has 1 rings (SSSR count). The highest BCUT2D eigenvalue weighted by molar-refractivity contribution is 6.01. The van der Waals surface area contributed by atoms with E-state index < -0.39 is 0 Å². The maximum absolute atomic E-state index is 11.6. The molecule has 138 valence electrons. The Morgan fingerprint density at radius 1 is 0.875 bits per heavy atom. The number of likely N-dealkylation sites (tertiary alicyclic amines) is 1. The number of hydrogen-bond donors (Lipinski definition) is 0. The van der Waals surface area contributed by atoms with E-state index in [1.807, 2.05) is 0 Å². The molecular formula is C19H33NO4. The molecule has 0 atom stereocenters. The Hall–Kier alpha value is -1.39. The van der Waals surface area contributed by atoms with E-state index in [2.05, 4.69) is 6.92 Å². The summed E-state index contributed by atoms with van der Waals surface area (Å²) in [5.41, 5.74) is 0. The monoisotopic (exact) mass is 339 g/mol. The molecule has 1 fully saturated rings. The Balaban J connectivity index is 1.88. The van der Waals surface area contributed by atoms with Crippen molar-refractivity contribution in [3.8, 4) is 0 Å². The lowest BCUT2D eigenvalue weighted by atomic mass is 10.1. The fraction of sp³-hybridized carbons (Fsp3) is 0.842. The normalized spacial score (nSPS) is 14.5. The SMILES string of the molecule is CCCCCCCCCOC(=O)CCCCCN1C(=O)CCC1=O. The lowest BCUT2D eigenvalue weighted by Gasteiger charge is -2.12. The van der Waals surface area contributed by atoms with Crippen molar-refractivity contribution in [2.24, 2.45) is 0 Å². The number of imide groups is 1. The molecule has 0 aromatic carbocycles. The van der Waals surface area contributed by atoms with Crippen LogP contribution in [0.3, 0.4) is 0 Å². The van der Waals surface area contributed by atoms with Gasteiger partial charge in [-0.3, -0.25) is 19.3 Å². The quantitative estimate of drug-likeness (QED) is 0.273. The summed E-state index contributed by atoms with van der Waals surface area (Å²) in [4.78, 5) is 35.8. The van der Waals surface area contributed by atoms with Gasteiger partial charge >= 0.3 is 5.97 Å². The highest BCUT2D eigenvalue weighted by Gasteiger charge is 2.27. The molecular weight excluding hydrogens is 306 g/mol.